The molecule has 0 bridgehead atoms. The summed E-state index contributed by atoms with van der Waals surface area (Å²) < 4.78 is 58.8. The number of benzene rings is 1. The molecule has 0 saturated carbocycles. The summed E-state index contributed by atoms with van der Waals surface area (Å²) in [5.74, 6) is -15.1. The fourth-order valence-electron chi connectivity index (χ4n) is 3.07. The SMILES string of the molecule is Cc1cc(C)nc(NC(=O)C(=O)NC(C)C(=O)NC(CCC(=O)O)C(=O)COc2c(F)c(F)cc(F)c2F)n1. The number of hydrogen-bond acceptors (Lipinski definition) is 8. The van der Waals surface area contributed by atoms with Crippen molar-refractivity contribution >= 4 is 35.4 Å². The number of aromatic nitrogens is 2. The lowest BCUT2D eigenvalue weighted by Gasteiger charge is -2.20. The Morgan fingerprint density at radius 3 is 2.03 bits per heavy atom. The van der Waals surface area contributed by atoms with Gasteiger partial charge in [-0.15, -0.1) is 0 Å². The molecule has 210 valence electrons. The number of anilines is 1. The highest BCUT2D eigenvalue weighted by Crippen LogP contribution is 2.26. The van der Waals surface area contributed by atoms with E-state index in [1.54, 1.807) is 19.9 Å². The molecule has 2 unspecified atom stereocenters. The molecule has 16 heteroatoms. The number of carbonyl (C=O) groups is 5. The largest absolute Gasteiger partial charge is 0.481 e. The maximum absolute atomic E-state index is 13.8. The number of Topliss-reactive ketones (excluding diaryl/α,β-unsaturated/α-hetero) is 1. The van der Waals surface area contributed by atoms with E-state index in [0.29, 0.717) is 11.4 Å². The number of rotatable bonds is 11. The minimum atomic E-state index is -1.91. The number of nitrogens with zero attached hydrogens (tertiary/aromatic N) is 2. The van der Waals surface area contributed by atoms with E-state index in [2.05, 4.69) is 30.7 Å². The van der Waals surface area contributed by atoms with Crippen LogP contribution in [0.2, 0.25) is 0 Å². The third-order valence-electron chi connectivity index (χ3n) is 4.94. The molecule has 39 heavy (non-hydrogen) atoms. The summed E-state index contributed by atoms with van der Waals surface area (Å²) in [6, 6.07) is -1.50. The van der Waals surface area contributed by atoms with Crippen molar-refractivity contribution in [3.05, 3.63) is 46.8 Å². The van der Waals surface area contributed by atoms with E-state index >= 15 is 0 Å². The molecule has 3 amide bonds. The number of carboxylic acid groups (broad SMARTS) is 1. The molecule has 0 aliphatic heterocycles. The minimum absolute atomic E-state index is 0.0693. The van der Waals surface area contributed by atoms with Crippen LogP contribution in [0, 0.1) is 37.1 Å². The van der Waals surface area contributed by atoms with E-state index in [9.17, 15) is 41.5 Å². The normalized spacial score (nSPS) is 12.2. The zero-order valence-electron chi connectivity index (χ0n) is 20.7. The number of halogens is 4. The Hall–Kier alpha value is -4.63. The average molecular weight is 557 g/mol. The van der Waals surface area contributed by atoms with Crippen molar-refractivity contribution in [2.75, 3.05) is 11.9 Å². The van der Waals surface area contributed by atoms with Gasteiger partial charge in [-0.1, -0.05) is 0 Å². The molecule has 0 radical (unpaired) electrons. The van der Waals surface area contributed by atoms with Gasteiger partial charge < -0.3 is 20.5 Å². The predicted octanol–water partition coefficient (Wildman–Crippen LogP) is 1.09. The van der Waals surface area contributed by atoms with Gasteiger partial charge in [-0.05, 0) is 33.3 Å². The van der Waals surface area contributed by atoms with E-state index in [-0.39, 0.29) is 12.0 Å². The zero-order valence-corrected chi connectivity index (χ0v) is 20.7. The number of ketones is 1. The number of ether oxygens (including phenoxy) is 1. The maximum Gasteiger partial charge on any atom is 0.316 e. The van der Waals surface area contributed by atoms with Crippen LogP contribution in [0.3, 0.4) is 0 Å². The number of carbonyl (C=O) groups excluding carboxylic acids is 4. The van der Waals surface area contributed by atoms with Crippen LogP contribution in [0.4, 0.5) is 23.5 Å². The number of aryl methyl sites for hydroxylation is 2. The standard InChI is InChI=1S/C23H23F4N5O7/c1-9-6-10(2)29-23(28-9)32-22(38)21(37)30-11(3)20(36)31-14(4-5-16(34)35)15(33)8-39-19-17(26)12(24)7-13(25)18(19)27/h6-7,11,14H,4-5,8H2,1-3H3,(H,30,37)(H,31,36)(H,34,35)(H,28,29,32,38). The summed E-state index contributed by atoms with van der Waals surface area (Å²) in [4.78, 5) is 68.2. The van der Waals surface area contributed by atoms with Crippen LogP contribution in [0.25, 0.3) is 0 Å². The fourth-order valence-corrected chi connectivity index (χ4v) is 3.07. The number of amides is 3. The Bertz CT molecular complexity index is 1260. The van der Waals surface area contributed by atoms with Gasteiger partial charge in [0, 0.05) is 23.9 Å². The highest BCUT2D eigenvalue weighted by atomic mass is 19.2. The average Bonchev–Trinajstić information content (AvgIpc) is 2.84. The molecule has 2 rings (SSSR count). The molecule has 1 heterocycles. The van der Waals surface area contributed by atoms with Crippen LogP contribution in [-0.4, -0.2) is 63.2 Å². The molecule has 2 aromatic rings. The Morgan fingerprint density at radius 2 is 1.49 bits per heavy atom. The number of aliphatic carboxylic acids is 1. The molecule has 12 nitrogen and oxygen atoms in total. The van der Waals surface area contributed by atoms with Crippen molar-refractivity contribution in [1.82, 2.24) is 20.6 Å². The first-order chi connectivity index (χ1) is 18.2. The molecule has 0 spiro atoms. The smallest absolute Gasteiger partial charge is 0.316 e. The van der Waals surface area contributed by atoms with E-state index in [1.807, 2.05) is 0 Å². The van der Waals surface area contributed by atoms with Gasteiger partial charge >= 0.3 is 17.8 Å². The van der Waals surface area contributed by atoms with Gasteiger partial charge in [0.15, 0.2) is 23.2 Å². The van der Waals surface area contributed by atoms with Crippen LogP contribution in [-0.2, 0) is 24.0 Å². The second-order valence-electron chi connectivity index (χ2n) is 8.17. The molecular formula is C23H23F4N5O7. The molecule has 0 fully saturated rings. The zero-order chi connectivity index (χ0) is 29.4. The quantitative estimate of drug-likeness (QED) is 0.179. The number of carboxylic acids is 1. The third kappa shape index (κ3) is 8.72. The molecule has 1 aromatic heterocycles. The van der Waals surface area contributed by atoms with Crippen LogP contribution in [0.5, 0.6) is 5.75 Å². The predicted molar refractivity (Wildman–Crippen MR) is 123 cm³/mol. The van der Waals surface area contributed by atoms with Crippen LogP contribution < -0.4 is 20.7 Å². The Labute approximate surface area is 218 Å². The maximum atomic E-state index is 13.8. The Morgan fingerprint density at radius 1 is 0.923 bits per heavy atom. The molecule has 0 saturated heterocycles. The van der Waals surface area contributed by atoms with Crippen LogP contribution in [0.1, 0.15) is 31.2 Å². The first kappa shape index (κ1) is 30.6. The molecule has 4 N–H and O–H groups in total. The summed E-state index contributed by atoms with van der Waals surface area (Å²) in [5.41, 5.74) is 1.03. The monoisotopic (exact) mass is 557 g/mol. The minimum Gasteiger partial charge on any atom is -0.481 e. The van der Waals surface area contributed by atoms with Gasteiger partial charge in [-0.3, -0.25) is 29.3 Å². The van der Waals surface area contributed by atoms with Gasteiger partial charge in [-0.25, -0.2) is 18.7 Å². The van der Waals surface area contributed by atoms with Crippen molar-refractivity contribution in [3.63, 3.8) is 0 Å². The van der Waals surface area contributed by atoms with Crippen LogP contribution in [0.15, 0.2) is 12.1 Å². The lowest BCUT2D eigenvalue weighted by Crippen LogP contribution is -2.52. The second kappa shape index (κ2) is 13.3. The van der Waals surface area contributed by atoms with Crippen molar-refractivity contribution in [3.8, 4) is 5.75 Å². The van der Waals surface area contributed by atoms with Gasteiger partial charge in [0.2, 0.25) is 23.5 Å². The summed E-state index contributed by atoms with van der Waals surface area (Å²) >= 11 is 0. The van der Waals surface area contributed by atoms with Crippen molar-refractivity contribution in [2.45, 2.75) is 45.7 Å². The lowest BCUT2D eigenvalue weighted by atomic mass is 10.1. The molecule has 2 atom stereocenters. The van der Waals surface area contributed by atoms with Gasteiger partial charge in [0.25, 0.3) is 0 Å². The summed E-state index contributed by atoms with van der Waals surface area (Å²) in [7, 11) is 0. The topological polar surface area (TPSA) is 177 Å². The highest BCUT2D eigenvalue weighted by molar-refractivity contribution is 6.39. The Kier molecular flexibility index (Phi) is 10.4. The second-order valence-corrected chi connectivity index (χ2v) is 8.17. The highest BCUT2D eigenvalue weighted by Gasteiger charge is 2.28. The molecule has 0 aliphatic carbocycles. The van der Waals surface area contributed by atoms with Gasteiger partial charge in [0.1, 0.15) is 12.6 Å². The molecule has 0 aliphatic rings. The number of hydrogen-bond donors (Lipinski definition) is 4. The van der Waals surface area contributed by atoms with E-state index in [0.717, 1.165) is 6.92 Å². The summed E-state index contributed by atoms with van der Waals surface area (Å²) in [6.45, 7) is 3.20. The van der Waals surface area contributed by atoms with Crippen molar-refractivity contribution < 1.29 is 51.4 Å². The fraction of sp³-hybridized carbons (Fsp3) is 0.348. The lowest BCUT2D eigenvalue weighted by molar-refractivity contribution is -0.139. The summed E-state index contributed by atoms with van der Waals surface area (Å²) in [6.07, 6.45) is -1.16. The number of nitrogens with one attached hydrogen (secondary N) is 3. The van der Waals surface area contributed by atoms with Crippen molar-refractivity contribution in [1.29, 1.82) is 0 Å². The van der Waals surface area contributed by atoms with E-state index in [1.165, 1.54) is 0 Å². The van der Waals surface area contributed by atoms with Crippen LogP contribution >= 0.6 is 0 Å². The van der Waals surface area contributed by atoms with E-state index < -0.39 is 90.0 Å². The van der Waals surface area contributed by atoms with E-state index in [4.69, 9.17) is 5.11 Å². The van der Waals surface area contributed by atoms with Gasteiger partial charge in [-0.2, -0.15) is 8.78 Å². The first-order valence-electron chi connectivity index (χ1n) is 11.1. The summed E-state index contributed by atoms with van der Waals surface area (Å²) in [5, 5.41) is 15.3. The van der Waals surface area contributed by atoms with Crippen molar-refractivity contribution in [2.24, 2.45) is 0 Å². The first-order valence-corrected chi connectivity index (χ1v) is 11.1. The molecule has 1 aromatic carbocycles. The molecular weight excluding hydrogens is 534 g/mol. The Balaban J connectivity index is 2.04. The van der Waals surface area contributed by atoms with Gasteiger partial charge in [0.05, 0.1) is 6.04 Å². The third-order valence-corrected chi connectivity index (χ3v) is 4.94.